The molecule has 0 N–H and O–H groups in total. The summed E-state index contributed by atoms with van der Waals surface area (Å²) in [6.45, 7) is 2.77. The lowest BCUT2D eigenvalue weighted by Crippen LogP contribution is -2.07. The minimum absolute atomic E-state index is 0.232. The van der Waals surface area contributed by atoms with Gasteiger partial charge in [0.2, 0.25) is 0 Å². The quantitative estimate of drug-likeness (QED) is 0.604. The molecule has 1 aromatic heterocycles. The van der Waals surface area contributed by atoms with E-state index in [4.69, 9.17) is 11.6 Å². The lowest BCUT2D eigenvalue weighted by Gasteiger charge is -2.07. The summed E-state index contributed by atoms with van der Waals surface area (Å²) in [5.41, 5.74) is 1.12. The van der Waals surface area contributed by atoms with Crippen LogP contribution in [0.4, 0.5) is 0 Å². The number of ether oxygens (including phenoxy) is 1. The van der Waals surface area contributed by atoms with Crippen molar-refractivity contribution in [2.45, 2.75) is 25.0 Å². The fraction of sp³-hybridized carbons (Fsp3) is 0.357. The Balaban J connectivity index is 2.11. The Morgan fingerprint density at radius 2 is 2.05 bits per heavy atom. The van der Waals surface area contributed by atoms with Gasteiger partial charge in [0, 0.05) is 18.0 Å². The molecule has 0 aliphatic heterocycles. The fourth-order valence-electron chi connectivity index (χ4n) is 1.84. The van der Waals surface area contributed by atoms with E-state index in [0.29, 0.717) is 11.4 Å². The number of carbonyl (C=O) groups is 1. The van der Waals surface area contributed by atoms with E-state index in [1.165, 1.54) is 18.9 Å². The van der Waals surface area contributed by atoms with Crippen LogP contribution in [0.3, 0.4) is 0 Å². The number of halogens is 1. The van der Waals surface area contributed by atoms with Crippen molar-refractivity contribution in [1.82, 2.24) is 14.8 Å². The average Bonchev–Trinajstić information content (AvgIpc) is 2.88. The number of hydrogen-bond donors (Lipinski definition) is 0. The standard InChI is InChI=1S/C14H16ClN3O2S/c1-3-18-12(8-10-4-6-11(15)7-5-10)16-17-14(18)21-9-13(19)20-2/h4-7H,3,8-9H2,1-2H3. The van der Waals surface area contributed by atoms with Crippen molar-refractivity contribution in [2.75, 3.05) is 12.9 Å². The van der Waals surface area contributed by atoms with Crippen molar-refractivity contribution in [3.8, 4) is 0 Å². The molecule has 0 fully saturated rings. The predicted octanol–water partition coefficient (Wildman–Crippen LogP) is 2.81. The monoisotopic (exact) mass is 325 g/mol. The summed E-state index contributed by atoms with van der Waals surface area (Å²) in [6.07, 6.45) is 0.677. The summed E-state index contributed by atoms with van der Waals surface area (Å²) in [6, 6.07) is 7.66. The first-order chi connectivity index (χ1) is 10.1. The number of carbonyl (C=O) groups excluding carboxylic acids is 1. The molecule has 112 valence electrons. The largest absolute Gasteiger partial charge is 0.468 e. The van der Waals surface area contributed by atoms with E-state index in [2.05, 4.69) is 14.9 Å². The summed E-state index contributed by atoms with van der Waals surface area (Å²) in [5, 5.41) is 9.81. The molecule has 0 saturated carbocycles. The van der Waals surface area contributed by atoms with Crippen LogP contribution in [0.2, 0.25) is 5.02 Å². The van der Waals surface area contributed by atoms with E-state index in [-0.39, 0.29) is 11.7 Å². The first kappa shape index (κ1) is 15.9. The van der Waals surface area contributed by atoms with Gasteiger partial charge in [-0.1, -0.05) is 35.5 Å². The van der Waals surface area contributed by atoms with Gasteiger partial charge < -0.3 is 9.30 Å². The van der Waals surface area contributed by atoms with Crippen molar-refractivity contribution >= 4 is 29.3 Å². The van der Waals surface area contributed by atoms with Gasteiger partial charge in [-0.2, -0.15) is 0 Å². The average molecular weight is 326 g/mol. The topological polar surface area (TPSA) is 57.0 Å². The molecule has 2 rings (SSSR count). The van der Waals surface area contributed by atoms with E-state index < -0.39 is 0 Å². The van der Waals surface area contributed by atoms with Gasteiger partial charge in [0.25, 0.3) is 0 Å². The second kappa shape index (κ2) is 7.47. The molecule has 5 nitrogen and oxygen atoms in total. The highest BCUT2D eigenvalue weighted by Crippen LogP contribution is 2.19. The molecular weight excluding hydrogens is 310 g/mol. The molecule has 0 aliphatic carbocycles. The highest BCUT2D eigenvalue weighted by Gasteiger charge is 2.13. The first-order valence-electron chi connectivity index (χ1n) is 6.50. The fourth-order valence-corrected chi connectivity index (χ4v) is 2.82. The highest BCUT2D eigenvalue weighted by atomic mass is 35.5. The zero-order chi connectivity index (χ0) is 15.2. The summed E-state index contributed by atoms with van der Waals surface area (Å²) in [4.78, 5) is 11.2. The number of nitrogens with zero attached hydrogens (tertiary/aromatic N) is 3. The molecule has 2 aromatic rings. The van der Waals surface area contributed by atoms with Crippen molar-refractivity contribution in [1.29, 1.82) is 0 Å². The summed E-state index contributed by atoms with van der Waals surface area (Å²) in [5.74, 6) is 0.826. The molecule has 0 bridgehead atoms. The van der Waals surface area contributed by atoms with Crippen molar-refractivity contribution in [2.24, 2.45) is 0 Å². The first-order valence-corrected chi connectivity index (χ1v) is 7.86. The van der Waals surface area contributed by atoms with E-state index in [9.17, 15) is 4.79 Å². The summed E-state index contributed by atoms with van der Waals surface area (Å²) < 4.78 is 6.63. The predicted molar refractivity (Wildman–Crippen MR) is 82.7 cm³/mol. The molecule has 1 aromatic carbocycles. The summed E-state index contributed by atoms with van der Waals surface area (Å²) in [7, 11) is 1.37. The number of methoxy groups -OCH3 is 1. The molecule has 0 amide bonds. The van der Waals surface area contributed by atoms with Gasteiger partial charge >= 0.3 is 5.97 Å². The number of aromatic nitrogens is 3. The Bertz CT molecular complexity index is 613. The van der Waals surface area contributed by atoms with Crippen molar-refractivity contribution in [3.63, 3.8) is 0 Å². The van der Waals surface area contributed by atoms with Crippen LogP contribution >= 0.6 is 23.4 Å². The third-order valence-corrected chi connectivity index (χ3v) is 4.12. The minimum atomic E-state index is -0.273. The third-order valence-electron chi connectivity index (χ3n) is 2.93. The summed E-state index contributed by atoms with van der Waals surface area (Å²) >= 11 is 7.21. The number of esters is 1. The van der Waals surface area contributed by atoms with Gasteiger partial charge in [0.05, 0.1) is 12.9 Å². The molecule has 0 unspecified atom stereocenters. The Kier molecular flexibility index (Phi) is 5.64. The Hall–Kier alpha value is -1.53. The second-order valence-electron chi connectivity index (χ2n) is 4.31. The minimum Gasteiger partial charge on any atom is -0.468 e. The van der Waals surface area contributed by atoms with E-state index in [1.807, 2.05) is 35.8 Å². The van der Waals surface area contributed by atoms with Gasteiger partial charge in [-0.25, -0.2) is 0 Å². The van der Waals surface area contributed by atoms with Crippen LogP contribution in [0.1, 0.15) is 18.3 Å². The second-order valence-corrected chi connectivity index (χ2v) is 5.69. The maximum Gasteiger partial charge on any atom is 0.316 e. The number of thioether (sulfide) groups is 1. The van der Waals surface area contributed by atoms with Crippen LogP contribution in [-0.4, -0.2) is 33.6 Å². The Labute approximate surface area is 132 Å². The molecule has 7 heteroatoms. The van der Waals surface area contributed by atoms with Crippen LogP contribution in [0.15, 0.2) is 29.4 Å². The normalized spacial score (nSPS) is 10.6. The molecular formula is C14H16ClN3O2S. The van der Waals surface area contributed by atoms with Crippen LogP contribution in [0.5, 0.6) is 0 Å². The van der Waals surface area contributed by atoms with Crippen LogP contribution < -0.4 is 0 Å². The van der Waals surface area contributed by atoms with E-state index >= 15 is 0 Å². The van der Waals surface area contributed by atoms with Gasteiger partial charge in [-0.05, 0) is 24.6 Å². The Morgan fingerprint density at radius 3 is 2.67 bits per heavy atom. The van der Waals surface area contributed by atoms with Crippen molar-refractivity contribution in [3.05, 3.63) is 40.7 Å². The van der Waals surface area contributed by atoms with Crippen LogP contribution in [-0.2, 0) is 22.5 Å². The number of benzene rings is 1. The smallest absolute Gasteiger partial charge is 0.316 e. The molecule has 21 heavy (non-hydrogen) atoms. The van der Waals surface area contributed by atoms with Gasteiger partial charge in [-0.3, -0.25) is 4.79 Å². The molecule has 0 atom stereocenters. The van der Waals surface area contributed by atoms with Gasteiger partial charge in [-0.15, -0.1) is 10.2 Å². The highest BCUT2D eigenvalue weighted by molar-refractivity contribution is 7.99. The zero-order valence-corrected chi connectivity index (χ0v) is 13.4. The van der Waals surface area contributed by atoms with E-state index in [1.54, 1.807) is 0 Å². The third kappa shape index (κ3) is 4.22. The van der Waals surface area contributed by atoms with E-state index in [0.717, 1.165) is 23.1 Å². The maximum atomic E-state index is 11.2. The molecule has 1 heterocycles. The van der Waals surface area contributed by atoms with Gasteiger partial charge in [0.1, 0.15) is 5.82 Å². The van der Waals surface area contributed by atoms with Gasteiger partial charge in [0.15, 0.2) is 5.16 Å². The van der Waals surface area contributed by atoms with Crippen LogP contribution in [0.25, 0.3) is 0 Å². The number of rotatable bonds is 6. The molecule has 0 radical (unpaired) electrons. The SMILES string of the molecule is CCn1c(Cc2ccc(Cl)cc2)nnc1SCC(=O)OC. The molecule has 0 saturated heterocycles. The maximum absolute atomic E-state index is 11.2. The Morgan fingerprint density at radius 1 is 1.33 bits per heavy atom. The molecule has 0 spiro atoms. The number of hydrogen-bond acceptors (Lipinski definition) is 5. The van der Waals surface area contributed by atoms with Crippen molar-refractivity contribution < 1.29 is 9.53 Å². The lowest BCUT2D eigenvalue weighted by molar-refractivity contribution is -0.137. The van der Waals surface area contributed by atoms with Crippen LogP contribution in [0, 0.1) is 0 Å². The molecule has 0 aliphatic rings. The zero-order valence-electron chi connectivity index (χ0n) is 11.9. The lowest BCUT2D eigenvalue weighted by atomic mass is 10.1.